The molecule has 0 bridgehead atoms. The molecule has 2 aromatic carbocycles. The molecular formula is C13H9Br2ClO. The molecule has 4 heteroatoms. The standard InChI is InChI=1S/C13H9Br2ClO/c14-8-9-4-5-12(7-13(9)15)17-11-3-1-2-10(16)6-11/h1-7H,8H2. The third-order valence-corrected chi connectivity index (χ3v) is 3.78. The Morgan fingerprint density at radius 1 is 1.06 bits per heavy atom. The fourth-order valence-electron chi connectivity index (χ4n) is 1.37. The molecule has 0 atom stereocenters. The summed E-state index contributed by atoms with van der Waals surface area (Å²) in [6.45, 7) is 0. The molecule has 0 aliphatic carbocycles. The number of ether oxygens (including phenoxy) is 1. The van der Waals surface area contributed by atoms with Gasteiger partial charge in [-0.15, -0.1) is 0 Å². The van der Waals surface area contributed by atoms with Crippen LogP contribution in [0.25, 0.3) is 0 Å². The minimum absolute atomic E-state index is 0.665. The van der Waals surface area contributed by atoms with E-state index < -0.39 is 0 Å². The van der Waals surface area contributed by atoms with Crippen LogP contribution in [-0.2, 0) is 5.33 Å². The van der Waals surface area contributed by atoms with Crippen LogP contribution in [0.2, 0.25) is 5.02 Å². The predicted molar refractivity (Wildman–Crippen MR) is 78.3 cm³/mol. The van der Waals surface area contributed by atoms with Gasteiger partial charge in [0.05, 0.1) is 0 Å². The zero-order valence-electron chi connectivity index (χ0n) is 8.79. The first kappa shape index (κ1) is 12.9. The van der Waals surface area contributed by atoms with Crippen LogP contribution in [0.3, 0.4) is 0 Å². The van der Waals surface area contributed by atoms with Gasteiger partial charge < -0.3 is 4.74 Å². The highest BCUT2D eigenvalue weighted by Gasteiger charge is 2.02. The molecule has 0 heterocycles. The molecule has 0 saturated carbocycles. The molecule has 0 amide bonds. The molecular weight excluding hydrogens is 367 g/mol. The van der Waals surface area contributed by atoms with Gasteiger partial charge in [-0.2, -0.15) is 0 Å². The van der Waals surface area contributed by atoms with E-state index >= 15 is 0 Å². The van der Waals surface area contributed by atoms with Crippen LogP contribution >= 0.6 is 43.5 Å². The maximum atomic E-state index is 5.89. The number of hydrogen-bond acceptors (Lipinski definition) is 1. The highest BCUT2D eigenvalue weighted by atomic mass is 79.9. The van der Waals surface area contributed by atoms with Crippen molar-refractivity contribution < 1.29 is 4.74 Å². The van der Waals surface area contributed by atoms with E-state index in [2.05, 4.69) is 31.9 Å². The average molecular weight is 376 g/mol. The van der Waals surface area contributed by atoms with Crippen molar-refractivity contribution in [1.29, 1.82) is 0 Å². The first-order chi connectivity index (χ1) is 8.19. The van der Waals surface area contributed by atoms with Crippen molar-refractivity contribution in [3.8, 4) is 11.5 Å². The average Bonchev–Trinajstić information content (AvgIpc) is 2.29. The van der Waals surface area contributed by atoms with Gasteiger partial charge in [0.25, 0.3) is 0 Å². The van der Waals surface area contributed by atoms with Crippen molar-refractivity contribution in [2.45, 2.75) is 5.33 Å². The number of hydrogen-bond donors (Lipinski definition) is 0. The van der Waals surface area contributed by atoms with E-state index in [4.69, 9.17) is 16.3 Å². The second-order valence-corrected chi connectivity index (χ2v) is 5.30. The summed E-state index contributed by atoms with van der Waals surface area (Å²) in [6, 6.07) is 13.2. The Morgan fingerprint density at radius 3 is 2.47 bits per heavy atom. The molecule has 0 aliphatic heterocycles. The van der Waals surface area contributed by atoms with Gasteiger partial charge in [-0.1, -0.05) is 55.6 Å². The maximum Gasteiger partial charge on any atom is 0.128 e. The van der Waals surface area contributed by atoms with Crippen LogP contribution < -0.4 is 4.74 Å². The molecule has 17 heavy (non-hydrogen) atoms. The van der Waals surface area contributed by atoms with E-state index in [0.717, 1.165) is 21.3 Å². The largest absolute Gasteiger partial charge is 0.457 e. The van der Waals surface area contributed by atoms with Crippen LogP contribution in [0, 0.1) is 0 Å². The van der Waals surface area contributed by atoms with Gasteiger partial charge in [0.15, 0.2) is 0 Å². The Bertz CT molecular complexity index is 529. The van der Waals surface area contributed by atoms with E-state index in [1.54, 1.807) is 6.07 Å². The lowest BCUT2D eigenvalue weighted by Crippen LogP contribution is -1.86. The van der Waals surface area contributed by atoms with Crippen molar-refractivity contribution in [3.05, 3.63) is 57.5 Å². The summed E-state index contributed by atoms with van der Waals surface area (Å²) in [5.41, 5.74) is 1.18. The minimum Gasteiger partial charge on any atom is -0.457 e. The Kier molecular flexibility index (Phi) is 4.48. The van der Waals surface area contributed by atoms with Crippen LogP contribution in [0.5, 0.6) is 11.5 Å². The van der Waals surface area contributed by atoms with Gasteiger partial charge in [0, 0.05) is 14.8 Å². The first-order valence-electron chi connectivity index (χ1n) is 4.97. The molecule has 0 saturated heterocycles. The molecule has 0 N–H and O–H groups in total. The monoisotopic (exact) mass is 374 g/mol. The topological polar surface area (TPSA) is 9.23 Å². The number of rotatable bonds is 3. The van der Waals surface area contributed by atoms with Crippen molar-refractivity contribution >= 4 is 43.5 Å². The number of halogens is 3. The van der Waals surface area contributed by atoms with Gasteiger partial charge in [-0.3, -0.25) is 0 Å². The van der Waals surface area contributed by atoms with E-state index in [0.29, 0.717) is 5.02 Å². The fraction of sp³-hybridized carbons (Fsp3) is 0.0769. The Balaban J connectivity index is 2.22. The van der Waals surface area contributed by atoms with Crippen molar-refractivity contribution in [3.63, 3.8) is 0 Å². The van der Waals surface area contributed by atoms with E-state index in [1.807, 2.05) is 36.4 Å². The molecule has 0 radical (unpaired) electrons. The van der Waals surface area contributed by atoms with Crippen LogP contribution in [-0.4, -0.2) is 0 Å². The van der Waals surface area contributed by atoms with E-state index in [1.165, 1.54) is 5.56 Å². The van der Waals surface area contributed by atoms with Gasteiger partial charge in [0.2, 0.25) is 0 Å². The molecule has 0 fully saturated rings. The summed E-state index contributed by atoms with van der Waals surface area (Å²) < 4.78 is 6.73. The summed E-state index contributed by atoms with van der Waals surface area (Å²) in [4.78, 5) is 0. The summed E-state index contributed by atoms with van der Waals surface area (Å²) in [5, 5.41) is 1.48. The Morgan fingerprint density at radius 2 is 1.82 bits per heavy atom. The lowest BCUT2D eigenvalue weighted by molar-refractivity contribution is 0.482. The van der Waals surface area contributed by atoms with Crippen molar-refractivity contribution in [2.24, 2.45) is 0 Å². The number of benzene rings is 2. The van der Waals surface area contributed by atoms with Gasteiger partial charge in [-0.05, 0) is 35.9 Å². The lowest BCUT2D eigenvalue weighted by atomic mass is 10.2. The highest BCUT2D eigenvalue weighted by Crippen LogP contribution is 2.29. The molecule has 2 aromatic rings. The van der Waals surface area contributed by atoms with Crippen molar-refractivity contribution in [2.75, 3.05) is 0 Å². The summed E-state index contributed by atoms with van der Waals surface area (Å²) >= 11 is 12.8. The Labute approximate surface area is 122 Å². The summed E-state index contributed by atoms with van der Waals surface area (Å²) in [5.74, 6) is 1.51. The van der Waals surface area contributed by atoms with Crippen molar-refractivity contribution in [1.82, 2.24) is 0 Å². The van der Waals surface area contributed by atoms with Gasteiger partial charge >= 0.3 is 0 Å². The molecule has 0 aromatic heterocycles. The SMILES string of the molecule is Clc1cccc(Oc2ccc(CBr)c(Br)c2)c1. The maximum absolute atomic E-state index is 5.89. The normalized spacial score (nSPS) is 10.3. The zero-order chi connectivity index (χ0) is 12.3. The zero-order valence-corrected chi connectivity index (χ0v) is 12.7. The Hall–Kier alpha value is -0.510. The van der Waals surface area contributed by atoms with Gasteiger partial charge in [-0.25, -0.2) is 0 Å². The van der Waals surface area contributed by atoms with Crippen LogP contribution in [0.15, 0.2) is 46.9 Å². The predicted octanol–water partition coefficient (Wildman–Crippen LogP) is 5.79. The highest BCUT2D eigenvalue weighted by molar-refractivity contribution is 9.10. The fourth-order valence-corrected chi connectivity index (χ4v) is 2.91. The molecule has 0 spiro atoms. The summed E-state index contributed by atoms with van der Waals surface area (Å²) in [7, 11) is 0. The van der Waals surface area contributed by atoms with E-state index in [-0.39, 0.29) is 0 Å². The van der Waals surface area contributed by atoms with Crippen LogP contribution in [0.1, 0.15) is 5.56 Å². The molecule has 1 nitrogen and oxygen atoms in total. The second kappa shape index (κ2) is 5.89. The van der Waals surface area contributed by atoms with Crippen LogP contribution in [0.4, 0.5) is 0 Å². The first-order valence-corrected chi connectivity index (χ1v) is 7.26. The quantitative estimate of drug-likeness (QED) is 0.616. The lowest BCUT2D eigenvalue weighted by Gasteiger charge is -2.08. The van der Waals surface area contributed by atoms with E-state index in [9.17, 15) is 0 Å². The minimum atomic E-state index is 0.665. The second-order valence-electron chi connectivity index (χ2n) is 3.45. The third kappa shape index (κ3) is 3.47. The summed E-state index contributed by atoms with van der Waals surface area (Å²) in [6.07, 6.45) is 0. The molecule has 88 valence electrons. The smallest absolute Gasteiger partial charge is 0.128 e. The number of alkyl halides is 1. The molecule has 0 aliphatic rings. The molecule has 0 unspecified atom stereocenters. The molecule has 2 rings (SSSR count). The third-order valence-electron chi connectivity index (χ3n) is 2.20. The van der Waals surface area contributed by atoms with Gasteiger partial charge in [0.1, 0.15) is 11.5 Å².